The minimum Gasteiger partial charge on any atom is -0.360 e. The van der Waals surface area contributed by atoms with Crippen LogP contribution in [0.25, 0.3) is 0 Å². The summed E-state index contributed by atoms with van der Waals surface area (Å²) in [4.78, 5) is 14.8. The van der Waals surface area contributed by atoms with Crippen molar-refractivity contribution in [1.29, 1.82) is 0 Å². The van der Waals surface area contributed by atoms with Gasteiger partial charge < -0.3 is 9.42 Å². The van der Waals surface area contributed by atoms with E-state index in [-0.39, 0.29) is 17.9 Å². The number of likely N-dealkylation sites (tertiary alicyclic amines) is 1. The number of hydrogen-bond acceptors (Lipinski definition) is 3. The third kappa shape index (κ3) is 3.63. The Labute approximate surface area is 137 Å². The van der Waals surface area contributed by atoms with E-state index in [1.165, 1.54) is 12.0 Å². The highest BCUT2D eigenvalue weighted by Crippen LogP contribution is 2.24. The SMILES string of the molecule is CC(C)c1cc(C(=O)N2CCCC[C@H]2Cc2ccccc2)no1. The molecule has 1 aliphatic heterocycles. The number of nitrogens with zero attached hydrogens (tertiary/aromatic N) is 2. The van der Waals surface area contributed by atoms with E-state index in [4.69, 9.17) is 4.52 Å². The first-order chi connectivity index (χ1) is 11.1. The minimum absolute atomic E-state index is 0.00119. The molecule has 0 bridgehead atoms. The molecule has 1 aromatic carbocycles. The van der Waals surface area contributed by atoms with Crippen molar-refractivity contribution in [2.75, 3.05) is 6.54 Å². The fraction of sp³-hybridized carbons (Fsp3) is 0.474. The molecule has 0 spiro atoms. The number of carbonyl (C=O) groups is 1. The van der Waals surface area contributed by atoms with Gasteiger partial charge in [0.1, 0.15) is 5.76 Å². The molecule has 122 valence electrons. The Balaban J connectivity index is 1.76. The van der Waals surface area contributed by atoms with Crippen LogP contribution < -0.4 is 0 Å². The lowest BCUT2D eigenvalue weighted by Crippen LogP contribution is -2.45. The number of carbonyl (C=O) groups excluding carboxylic acids is 1. The molecular weight excluding hydrogens is 288 g/mol. The van der Waals surface area contributed by atoms with E-state index in [0.717, 1.165) is 31.6 Å². The minimum atomic E-state index is 0.00119. The van der Waals surface area contributed by atoms with Gasteiger partial charge in [-0.1, -0.05) is 49.3 Å². The van der Waals surface area contributed by atoms with Gasteiger partial charge in [0.25, 0.3) is 5.91 Å². The highest BCUT2D eigenvalue weighted by Gasteiger charge is 2.29. The number of hydrogen-bond donors (Lipinski definition) is 0. The first-order valence-electron chi connectivity index (χ1n) is 8.46. The van der Waals surface area contributed by atoms with Crippen molar-refractivity contribution in [3.05, 3.63) is 53.4 Å². The van der Waals surface area contributed by atoms with Gasteiger partial charge in [-0.2, -0.15) is 0 Å². The Kier molecular flexibility index (Phi) is 4.79. The molecule has 4 heteroatoms. The first-order valence-corrected chi connectivity index (χ1v) is 8.46. The van der Waals surface area contributed by atoms with Crippen LogP contribution in [0.2, 0.25) is 0 Å². The third-order valence-electron chi connectivity index (χ3n) is 4.52. The summed E-state index contributed by atoms with van der Waals surface area (Å²) in [6.07, 6.45) is 4.19. The second-order valence-corrected chi connectivity index (χ2v) is 6.61. The van der Waals surface area contributed by atoms with E-state index >= 15 is 0 Å². The van der Waals surface area contributed by atoms with Crippen LogP contribution in [-0.4, -0.2) is 28.6 Å². The Hall–Kier alpha value is -2.10. The summed E-state index contributed by atoms with van der Waals surface area (Å²) in [5.74, 6) is 1.01. The lowest BCUT2D eigenvalue weighted by molar-refractivity contribution is 0.0603. The van der Waals surface area contributed by atoms with Gasteiger partial charge in [-0.25, -0.2) is 0 Å². The molecule has 23 heavy (non-hydrogen) atoms. The molecule has 3 rings (SSSR count). The number of amides is 1. The van der Waals surface area contributed by atoms with E-state index in [1.807, 2.05) is 24.8 Å². The summed E-state index contributed by atoms with van der Waals surface area (Å²) in [5.41, 5.74) is 1.72. The Morgan fingerprint density at radius 2 is 2.09 bits per heavy atom. The fourth-order valence-corrected chi connectivity index (χ4v) is 3.18. The largest absolute Gasteiger partial charge is 0.360 e. The van der Waals surface area contributed by atoms with Crippen LogP contribution in [0, 0.1) is 0 Å². The zero-order chi connectivity index (χ0) is 16.2. The van der Waals surface area contributed by atoms with Crippen LogP contribution >= 0.6 is 0 Å². The summed E-state index contributed by atoms with van der Waals surface area (Å²) in [5, 5.41) is 3.99. The maximum atomic E-state index is 12.8. The smallest absolute Gasteiger partial charge is 0.276 e. The number of piperidine rings is 1. The van der Waals surface area contributed by atoms with E-state index < -0.39 is 0 Å². The van der Waals surface area contributed by atoms with Crippen LogP contribution in [0.1, 0.15) is 60.8 Å². The van der Waals surface area contributed by atoms with Gasteiger partial charge in [-0.3, -0.25) is 4.79 Å². The molecule has 2 heterocycles. The second-order valence-electron chi connectivity index (χ2n) is 6.61. The summed E-state index contributed by atoms with van der Waals surface area (Å²) in [7, 11) is 0. The zero-order valence-corrected chi connectivity index (χ0v) is 13.9. The standard InChI is InChI=1S/C19H24N2O2/c1-14(2)18-13-17(20-23-18)19(22)21-11-7-6-10-16(21)12-15-8-4-3-5-9-15/h3-5,8-9,13-14,16H,6-7,10-12H2,1-2H3/t16-/m0/s1. The molecular formula is C19H24N2O2. The Bertz CT molecular complexity index is 648. The van der Waals surface area contributed by atoms with Gasteiger partial charge in [0.05, 0.1) is 0 Å². The van der Waals surface area contributed by atoms with E-state index in [1.54, 1.807) is 6.07 Å². The van der Waals surface area contributed by atoms with Crippen LogP contribution in [0.15, 0.2) is 40.9 Å². The van der Waals surface area contributed by atoms with Gasteiger partial charge in [0, 0.05) is 24.6 Å². The van der Waals surface area contributed by atoms with Crippen LogP contribution in [0.5, 0.6) is 0 Å². The normalized spacial score (nSPS) is 18.4. The van der Waals surface area contributed by atoms with Crippen molar-refractivity contribution in [2.24, 2.45) is 0 Å². The molecule has 1 saturated heterocycles. The topological polar surface area (TPSA) is 46.3 Å². The quantitative estimate of drug-likeness (QED) is 0.856. The predicted molar refractivity (Wildman–Crippen MR) is 89.4 cm³/mol. The molecule has 0 N–H and O–H groups in total. The van der Waals surface area contributed by atoms with E-state index in [9.17, 15) is 4.79 Å². The molecule has 1 amide bonds. The average molecular weight is 312 g/mol. The molecule has 4 nitrogen and oxygen atoms in total. The van der Waals surface area contributed by atoms with Gasteiger partial charge in [0.15, 0.2) is 5.69 Å². The third-order valence-corrected chi connectivity index (χ3v) is 4.52. The first kappa shape index (κ1) is 15.8. The zero-order valence-electron chi connectivity index (χ0n) is 13.9. The Morgan fingerprint density at radius 3 is 2.78 bits per heavy atom. The van der Waals surface area contributed by atoms with Gasteiger partial charge in [-0.05, 0) is 31.2 Å². The number of rotatable bonds is 4. The molecule has 1 atom stereocenters. The van der Waals surface area contributed by atoms with E-state index in [2.05, 4.69) is 29.4 Å². The highest BCUT2D eigenvalue weighted by atomic mass is 16.5. The van der Waals surface area contributed by atoms with Crippen molar-refractivity contribution in [1.82, 2.24) is 10.1 Å². The Morgan fingerprint density at radius 1 is 1.30 bits per heavy atom. The molecule has 2 aromatic rings. The summed E-state index contributed by atoms with van der Waals surface area (Å²) >= 11 is 0. The monoisotopic (exact) mass is 312 g/mol. The van der Waals surface area contributed by atoms with Gasteiger partial charge >= 0.3 is 0 Å². The van der Waals surface area contributed by atoms with Gasteiger partial charge in [0.2, 0.25) is 0 Å². The van der Waals surface area contributed by atoms with Crippen LogP contribution in [0.3, 0.4) is 0 Å². The average Bonchev–Trinajstić information content (AvgIpc) is 3.06. The lowest BCUT2D eigenvalue weighted by atomic mass is 9.95. The highest BCUT2D eigenvalue weighted by molar-refractivity contribution is 5.92. The molecule has 0 radical (unpaired) electrons. The maximum absolute atomic E-state index is 12.8. The van der Waals surface area contributed by atoms with Crippen molar-refractivity contribution in [2.45, 2.75) is 51.5 Å². The van der Waals surface area contributed by atoms with Gasteiger partial charge in [-0.15, -0.1) is 0 Å². The lowest BCUT2D eigenvalue weighted by Gasteiger charge is -2.35. The number of benzene rings is 1. The molecule has 0 unspecified atom stereocenters. The summed E-state index contributed by atoms with van der Waals surface area (Å²) in [6, 6.07) is 12.4. The molecule has 1 fully saturated rings. The second kappa shape index (κ2) is 6.99. The number of aromatic nitrogens is 1. The molecule has 1 aliphatic rings. The van der Waals surface area contributed by atoms with Crippen LogP contribution in [-0.2, 0) is 6.42 Å². The fourth-order valence-electron chi connectivity index (χ4n) is 3.18. The predicted octanol–water partition coefficient (Wildman–Crippen LogP) is 4.04. The van der Waals surface area contributed by atoms with E-state index in [0.29, 0.717) is 5.69 Å². The molecule has 0 aliphatic carbocycles. The maximum Gasteiger partial charge on any atom is 0.276 e. The summed E-state index contributed by atoms with van der Waals surface area (Å²) < 4.78 is 5.29. The van der Waals surface area contributed by atoms with Crippen molar-refractivity contribution in [3.63, 3.8) is 0 Å². The van der Waals surface area contributed by atoms with Crippen molar-refractivity contribution < 1.29 is 9.32 Å². The molecule has 1 aromatic heterocycles. The molecule has 0 saturated carbocycles. The van der Waals surface area contributed by atoms with Crippen LogP contribution in [0.4, 0.5) is 0 Å². The van der Waals surface area contributed by atoms with Crippen molar-refractivity contribution >= 4 is 5.91 Å². The summed E-state index contributed by atoms with van der Waals surface area (Å²) in [6.45, 7) is 4.88. The van der Waals surface area contributed by atoms with Crippen molar-refractivity contribution in [3.8, 4) is 0 Å².